The summed E-state index contributed by atoms with van der Waals surface area (Å²) >= 11 is 0. The SMILES string of the molecule is C=CC(=O)OCC(COc1ccc(C(C)(CC)CC)cc1)OC(=O)Nc1cc(NC(=O)OC2CCO2)ccc1C. The van der Waals surface area contributed by atoms with Gasteiger partial charge in [0.05, 0.1) is 6.61 Å². The maximum absolute atomic E-state index is 12.8. The van der Waals surface area contributed by atoms with Crippen molar-refractivity contribution in [3.05, 3.63) is 66.2 Å². The summed E-state index contributed by atoms with van der Waals surface area (Å²) < 4.78 is 26.7. The number of nitrogens with one attached hydrogen (secondary N) is 2. The number of carbonyl (C=O) groups is 3. The molecule has 216 valence electrons. The third kappa shape index (κ3) is 8.74. The van der Waals surface area contributed by atoms with E-state index in [2.05, 4.69) is 38.0 Å². The van der Waals surface area contributed by atoms with Crippen LogP contribution in [0.4, 0.5) is 21.0 Å². The lowest BCUT2D eigenvalue weighted by Gasteiger charge is -2.27. The second kappa shape index (κ2) is 14.4. The zero-order valence-electron chi connectivity index (χ0n) is 23.5. The topological polar surface area (TPSA) is 121 Å². The quantitative estimate of drug-likeness (QED) is 0.173. The Balaban J connectivity index is 1.61. The van der Waals surface area contributed by atoms with Crippen LogP contribution in [0.15, 0.2) is 55.1 Å². The lowest BCUT2D eigenvalue weighted by Crippen LogP contribution is -2.33. The molecule has 0 spiro atoms. The molecular formula is C30H38N2O8. The van der Waals surface area contributed by atoms with E-state index >= 15 is 0 Å². The van der Waals surface area contributed by atoms with E-state index < -0.39 is 30.5 Å². The Morgan fingerprint density at radius 1 is 1.07 bits per heavy atom. The van der Waals surface area contributed by atoms with Gasteiger partial charge >= 0.3 is 18.2 Å². The first-order valence-corrected chi connectivity index (χ1v) is 13.4. The summed E-state index contributed by atoms with van der Waals surface area (Å²) in [7, 11) is 0. The van der Waals surface area contributed by atoms with Gasteiger partial charge in [0.1, 0.15) is 19.0 Å². The predicted octanol–water partition coefficient (Wildman–Crippen LogP) is 6.09. The molecule has 1 fully saturated rings. The lowest BCUT2D eigenvalue weighted by atomic mass is 9.78. The number of carbonyl (C=O) groups excluding carboxylic acids is 3. The lowest BCUT2D eigenvalue weighted by molar-refractivity contribution is -0.180. The molecule has 1 saturated heterocycles. The predicted molar refractivity (Wildman–Crippen MR) is 151 cm³/mol. The molecule has 0 saturated carbocycles. The van der Waals surface area contributed by atoms with Crippen LogP contribution in [-0.2, 0) is 29.2 Å². The van der Waals surface area contributed by atoms with Crippen molar-refractivity contribution in [3.63, 3.8) is 0 Å². The highest BCUT2D eigenvalue weighted by Gasteiger charge is 2.24. The number of hydrogen-bond donors (Lipinski definition) is 2. The summed E-state index contributed by atoms with van der Waals surface area (Å²) in [5.41, 5.74) is 2.85. The van der Waals surface area contributed by atoms with Gasteiger partial charge in [0, 0.05) is 23.9 Å². The van der Waals surface area contributed by atoms with E-state index in [0.717, 1.165) is 24.5 Å². The second-order valence-corrected chi connectivity index (χ2v) is 9.74. The van der Waals surface area contributed by atoms with Crippen LogP contribution in [0.2, 0.25) is 0 Å². The van der Waals surface area contributed by atoms with E-state index in [9.17, 15) is 14.4 Å². The number of anilines is 2. The minimum Gasteiger partial charge on any atom is -0.490 e. The maximum Gasteiger partial charge on any atom is 0.413 e. The van der Waals surface area contributed by atoms with Crippen LogP contribution in [0, 0.1) is 6.92 Å². The zero-order valence-corrected chi connectivity index (χ0v) is 23.5. The summed E-state index contributed by atoms with van der Waals surface area (Å²) in [4.78, 5) is 36.4. The van der Waals surface area contributed by atoms with Gasteiger partial charge in [0.2, 0.25) is 6.29 Å². The molecule has 1 aliphatic rings. The minimum absolute atomic E-state index is 0.0499. The maximum atomic E-state index is 12.8. The van der Waals surface area contributed by atoms with Gasteiger partial charge in [-0.1, -0.05) is 45.5 Å². The molecule has 0 aromatic heterocycles. The first-order valence-electron chi connectivity index (χ1n) is 13.4. The molecule has 10 nitrogen and oxygen atoms in total. The van der Waals surface area contributed by atoms with Crippen molar-refractivity contribution in [2.24, 2.45) is 0 Å². The van der Waals surface area contributed by atoms with Crippen molar-refractivity contribution in [1.29, 1.82) is 0 Å². The highest BCUT2D eigenvalue weighted by atomic mass is 16.7. The average Bonchev–Trinajstić information content (AvgIpc) is 2.93. The fourth-order valence-electron chi connectivity index (χ4n) is 3.85. The third-order valence-corrected chi connectivity index (χ3v) is 7.02. The van der Waals surface area contributed by atoms with Gasteiger partial charge in [-0.3, -0.25) is 10.6 Å². The molecule has 3 rings (SSSR count). The van der Waals surface area contributed by atoms with Gasteiger partial charge in [-0.05, 0) is 60.6 Å². The van der Waals surface area contributed by atoms with Crippen molar-refractivity contribution in [3.8, 4) is 5.75 Å². The van der Waals surface area contributed by atoms with Gasteiger partial charge in [-0.25, -0.2) is 14.4 Å². The summed E-state index contributed by atoms with van der Waals surface area (Å²) in [6.07, 6.45) is 0.811. The molecule has 2 aromatic carbocycles. The molecular weight excluding hydrogens is 516 g/mol. The number of rotatable bonds is 13. The number of ether oxygens (including phenoxy) is 5. The van der Waals surface area contributed by atoms with E-state index in [0.29, 0.717) is 30.2 Å². The first kappa shape index (κ1) is 30.5. The number of esters is 1. The molecule has 2 aromatic rings. The fraction of sp³-hybridized carbons (Fsp3) is 0.433. The number of aryl methyl sites for hydroxylation is 1. The molecule has 1 aliphatic heterocycles. The van der Waals surface area contributed by atoms with Gasteiger partial charge < -0.3 is 23.7 Å². The molecule has 2 unspecified atom stereocenters. The monoisotopic (exact) mass is 554 g/mol. The van der Waals surface area contributed by atoms with Crippen LogP contribution in [0.5, 0.6) is 5.75 Å². The molecule has 40 heavy (non-hydrogen) atoms. The summed E-state index contributed by atoms with van der Waals surface area (Å²) in [6.45, 7) is 12.0. The van der Waals surface area contributed by atoms with E-state index in [1.54, 1.807) is 25.1 Å². The highest BCUT2D eigenvalue weighted by Crippen LogP contribution is 2.32. The van der Waals surface area contributed by atoms with Gasteiger partial charge in [0.25, 0.3) is 0 Å². The fourth-order valence-corrected chi connectivity index (χ4v) is 3.85. The van der Waals surface area contributed by atoms with Gasteiger partial charge in [0.15, 0.2) is 6.10 Å². The molecule has 2 atom stereocenters. The summed E-state index contributed by atoms with van der Waals surface area (Å²) in [5.74, 6) is -0.0539. The van der Waals surface area contributed by atoms with Crippen LogP contribution in [0.1, 0.15) is 51.2 Å². The largest absolute Gasteiger partial charge is 0.490 e. The summed E-state index contributed by atoms with van der Waals surface area (Å²) in [5, 5.41) is 5.26. The smallest absolute Gasteiger partial charge is 0.413 e. The van der Waals surface area contributed by atoms with Crippen LogP contribution >= 0.6 is 0 Å². The van der Waals surface area contributed by atoms with Crippen molar-refractivity contribution in [2.75, 3.05) is 30.5 Å². The first-order chi connectivity index (χ1) is 19.1. The second-order valence-electron chi connectivity index (χ2n) is 9.74. The standard InChI is InChI=1S/C30H38N2O8/c1-6-26(33)38-19-24(18-37-23-13-10-21(11-14-23)30(5,7-2)8-3)39-29(35)32-25-17-22(12-9-20(25)4)31-28(34)40-27-15-16-36-27/h6,9-14,17,24,27H,1,7-8,15-16,18-19H2,2-5H3,(H,31,34)(H,32,35). The normalized spacial score (nSPS) is 15.2. The third-order valence-electron chi connectivity index (χ3n) is 7.02. The van der Waals surface area contributed by atoms with Crippen molar-refractivity contribution in [2.45, 2.75) is 64.8 Å². The van der Waals surface area contributed by atoms with Crippen molar-refractivity contribution in [1.82, 2.24) is 0 Å². The minimum atomic E-state index is -0.904. The van der Waals surface area contributed by atoms with Gasteiger partial charge in [-0.15, -0.1) is 0 Å². The molecule has 0 aliphatic carbocycles. The molecule has 0 bridgehead atoms. The molecule has 10 heteroatoms. The number of benzene rings is 2. The van der Waals surface area contributed by atoms with Crippen LogP contribution in [-0.4, -0.2) is 50.4 Å². The Morgan fingerprint density at radius 3 is 2.38 bits per heavy atom. The average molecular weight is 555 g/mol. The van der Waals surface area contributed by atoms with E-state index in [1.807, 2.05) is 24.3 Å². The van der Waals surface area contributed by atoms with E-state index in [-0.39, 0.29) is 18.6 Å². The summed E-state index contributed by atoms with van der Waals surface area (Å²) in [6, 6.07) is 12.8. The highest BCUT2D eigenvalue weighted by molar-refractivity contribution is 5.89. The van der Waals surface area contributed by atoms with Gasteiger partial charge in [-0.2, -0.15) is 0 Å². The number of hydrogen-bond acceptors (Lipinski definition) is 8. The zero-order chi connectivity index (χ0) is 29.1. The van der Waals surface area contributed by atoms with Crippen molar-refractivity contribution < 1.29 is 38.1 Å². The Hall–Kier alpha value is -4.05. The molecule has 0 radical (unpaired) electrons. The molecule has 2 N–H and O–H groups in total. The van der Waals surface area contributed by atoms with Crippen molar-refractivity contribution >= 4 is 29.5 Å². The van der Waals surface area contributed by atoms with E-state index in [4.69, 9.17) is 23.7 Å². The van der Waals surface area contributed by atoms with E-state index in [1.165, 1.54) is 5.56 Å². The van der Waals surface area contributed by atoms with Crippen LogP contribution in [0.3, 0.4) is 0 Å². The van der Waals surface area contributed by atoms with Crippen LogP contribution in [0.25, 0.3) is 0 Å². The Bertz CT molecular complexity index is 1170. The number of amides is 2. The Kier molecular flexibility index (Phi) is 11.0. The molecule has 2 amide bonds. The molecule has 1 heterocycles. The Morgan fingerprint density at radius 2 is 1.77 bits per heavy atom. The Labute approximate surface area is 235 Å². The van der Waals surface area contributed by atoms with Crippen LogP contribution < -0.4 is 15.4 Å².